The Morgan fingerprint density at radius 1 is 0.971 bits per heavy atom. The molecule has 3 aromatic carbocycles. The molecule has 35 heavy (non-hydrogen) atoms. The van der Waals surface area contributed by atoms with Crippen molar-refractivity contribution in [3.8, 4) is 0 Å². The Labute approximate surface area is 207 Å². The molecule has 1 heterocycles. The zero-order valence-corrected chi connectivity index (χ0v) is 20.1. The fourth-order valence-corrected chi connectivity index (χ4v) is 5.42. The van der Waals surface area contributed by atoms with Crippen LogP contribution in [0.1, 0.15) is 31.2 Å². The molecule has 1 aliphatic heterocycles. The van der Waals surface area contributed by atoms with Crippen LogP contribution in [0.15, 0.2) is 83.8 Å². The molecular formula is C27H25F2NO4S. The van der Waals surface area contributed by atoms with Crippen LogP contribution in [0.3, 0.4) is 0 Å². The Morgan fingerprint density at radius 2 is 1.57 bits per heavy atom. The smallest absolute Gasteiger partial charge is 0.303 e. The third kappa shape index (κ3) is 6.07. The average Bonchev–Trinajstić information content (AvgIpc) is 3.18. The molecule has 5 nitrogen and oxygen atoms in total. The largest absolute Gasteiger partial charge is 0.448 e. The SMILES string of the molecule is CC(=O)OC(Sc1ccccc1)C1OC(c2ccccc2)N(C(C)=O)C1Cc1cc(F)cc(F)c1. The summed E-state index contributed by atoms with van der Waals surface area (Å²) in [6.07, 6.45) is -1.42. The van der Waals surface area contributed by atoms with Crippen molar-refractivity contribution in [3.05, 3.63) is 102 Å². The van der Waals surface area contributed by atoms with Crippen molar-refractivity contribution in [3.63, 3.8) is 0 Å². The predicted octanol–water partition coefficient (Wildman–Crippen LogP) is 5.50. The van der Waals surface area contributed by atoms with Crippen molar-refractivity contribution >= 4 is 23.6 Å². The van der Waals surface area contributed by atoms with Gasteiger partial charge in [-0.2, -0.15) is 0 Å². The first-order valence-corrected chi connectivity index (χ1v) is 12.0. The molecule has 0 bridgehead atoms. The van der Waals surface area contributed by atoms with Gasteiger partial charge in [-0.1, -0.05) is 60.3 Å². The standard InChI is InChI=1S/C27H25F2NO4S/c1-17(31)30-24(15-19-13-21(28)16-22(29)14-19)25(34-26(30)20-9-5-3-6-10-20)27(33-18(2)32)35-23-11-7-4-8-12-23/h3-14,16,24-27H,15H2,1-2H3. The molecule has 4 atom stereocenters. The lowest BCUT2D eigenvalue weighted by Crippen LogP contribution is -2.45. The van der Waals surface area contributed by atoms with Crippen molar-refractivity contribution in [2.45, 2.75) is 49.0 Å². The molecule has 182 valence electrons. The van der Waals surface area contributed by atoms with E-state index >= 15 is 0 Å². The Kier molecular flexibility index (Phi) is 7.83. The van der Waals surface area contributed by atoms with E-state index in [9.17, 15) is 18.4 Å². The summed E-state index contributed by atoms with van der Waals surface area (Å²) < 4.78 is 40.1. The minimum Gasteiger partial charge on any atom is -0.448 e. The summed E-state index contributed by atoms with van der Waals surface area (Å²) in [5, 5.41) is 0. The third-order valence-corrected chi connectivity index (χ3v) is 6.78. The maximum atomic E-state index is 14.0. The quantitative estimate of drug-likeness (QED) is 0.245. The molecule has 0 radical (unpaired) electrons. The fourth-order valence-electron chi connectivity index (χ4n) is 4.28. The van der Waals surface area contributed by atoms with E-state index in [0.29, 0.717) is 5.56 Å². The summed E-state index contributed by atoms with van der Waals surface area (Å²) >= 11 is 1.29. The van der Waals surface area contributed by atoms with E-state index in [1.54, 1.807) is 4.90 Å². The van der Waals surface area contributed by atoms with Crippen LogP contribution in [-0.4, -0.2) is 34.4 Å². The van der Waals surface area contributed by atoms with Gasteiger partial charge in [-0.25, -0.2) is 8.78 Å². The number of rotatable bonds is 7. The second kappa shape index (κ2) is 11.0. The highest BCUT2D eigenvalue weighted by Gasteiger charge is 2.49. The van der Waals surface area contributed by atoms with E-state index in [4.69, 9.17) is 9.47 Å². The van der Waals surface area contributed by atoms with Crippen LogP contribution in [0.2, 0.25) is 0 Å². The van der Waals surface area contributed by atoms with Crippen LogP contribution in [0, 0.1) is 11.6 Å². The first-order chi connectivity index (χ1) is 16.8. The Bertz CT molecular complexity index is 1160. The summed E-state index contributed by atoms with van der Waals surface area (Å²) in [4.78, 5) is 27.4. The van der Waals surface area contributed by atoms with E-state index < -0.39 is 41.4 Å². The van der Waals surface area contributed by atoms with Gasteiger partial charge in [0.15, 0.2) is 11.7 Å². The van der Waals surface area contributed by atoms with Gasteiger partial charge in [-0.05, 0) is 36.2 Å². The van der Waals surface area contributed by atoms with Crippen LogP contribution in [0.25, 0.3) is 0 Å². The second-order valence-electron chi connectivity index (χ2n) is 8.25. The Hall–Kier alpha value is -3.23. The highest BCUT2D eigenvalue weighted by molar-refractivity contribution is 7.99. The predicted molar refractivity (Wildman–Crippen MR) is 128 cm³/mol. The maximum absolute atomic E-state index is 14.0. The number of thioether (sulfide) groups is 1. The zero-order valence-electron chi connectivity index (χ0n) is 19.3. The average molecular weight is 498 g/mol. The summed E-state index contributed by atoms with van der Waals surface area (Å²) in [6, 6.07) is 21.2. The third-order valence-electron chi connectivity index (χ3n) is 5.64. The number of halogens is 2. The van der Waals surface area contributed by atoms with Gasteiger partial charge in [0.25, 0.3) is 0 Å². The molecule has 4 rings (SSSR count). The van der Waals surface area contributed by atoms with Crippen molar-refractivity contribution in [1.82, 2.24) is 4.90 Å². The molecule has 4 unspecified atom stereocenters. The lowest BCUT2D eigenvalue weighted by atomic mass is 10.00. The zero-order chi connectivity index (χ0) is 24.9. The normalized spacial score (nSPS) is 20.5. The van der Waals surface area contributed by atoms with Crippen molar-refractivity contribution in [1.29, 1.82) is 0 Å². The summed E-state index contributed by atoms with van der Waals surface area (Å²) in [5.41, 5.74) is 0.299. The molecule has 0 N–H and O–H groups in total. The van der Waals surface area contributed by atoms with E-state index in [2.05, 4.69) is 0 Å². The summed E-state index contributed by atoms with van der Waals surface area (Å²) in [5.74, 6) is -2.19. The molecule has 0 aliphatic carbocycles. The van der Waals surface area contributed by atoms with E-state index in [1.807, 2.05) is 60.7 Å². The van der Waals surface area contributed by atoms with Crippen LogP contribution in [0.4, 0.5) is 8.78 Å². The maximum Gasteiger partial charge on any atom is 0.303 e. The van der Waals surface area contributed by atoms with Gasteiger partial charge in [-0.15, -0.1) is 0 Å². The molecule has 1 amide bonds. The van der Waals surface area contributed by atoms with Gasteiger partial charge < -0.3 is 14.4 Å². The number of carbonyl (C=O) groups excluding carboxylic acids is 2. The lowest BCUT2D eigenvalue weighted by Gasteiger charge is -2.30. The van der Waals surface area contributed by atoms with E-state index in [-0.39, 0.29) is 12.3 Å². The van der Waals surface area contributed by atoms with E-state index in [0.717, 1.165) is 16.5 Å². The number of esters is 1. The molecule has 8 heteroatoms. The Balaban J connectivity index is 1.76. The van der Waals surface area contributed by atoms with Gasteiger partial charge >= 0.3 is 5.97 Å². The molecule has 0 aromatic heterocycles. The lowest BCUT2D eigenvalue weighted by molar-refractivity contribution is -0.148. The molecule has 0 saturated carbocycles. The number of amides is 1. The number of nitrogens with zero attached hydrogens (tertiary/aromatic N) is 1. The van der Waals surface area contributed by atoms with Gasteiger partial charge in [-0.3, -0.25) is 9.59 Å². The van der Waals surface area contributed by atoms with E-state index in [1.165, 1.54) is 37.7 Å². The minimum absolute atomic E-state index is 0.107. The number of hydrogen-bond donors (Lipinski definition) is 0. The number of ether oxygens (including phenoxy) is 2. The topological polar surface area (TPSA) is 55.8 Å². The van der Waals surface area contributed by atoms with Gasteiger partial charge in [0.2, 0.25) is 5.91 Å². The number of benzene rings is 3. The van der Waals surface area contributed by atoms with Crippen LogP contribution in [-0.2, 0) is 25.5 Å². The molecule has 1 saturated heterocycles. The number of carbonyl (C=O) groups is 2. The number of hydrogen-bond acceptors (Lipinski definition) is 5. The van der Waals surface area contributed by atoms with Crippen LogP contribution in [0.5, 0.6) is 0 Å². The van der Waals surface area contributed by atoms with Gasteiger partial charge in [0, 0.05) is 30.4 Å². The molecule has 1 aliphatic rings. The molecule has 1 fully saturated rings. The highest BCUT2D eigenvalue weighted by atomic mass is 32.2. The minimum atomic E-state index is -0.811. The van der Waals surface area contributed by atoms with Crippen LogP contribution >= 0.6 is 11.8 Å². The van der Waals surface area contributed by atoms with Crippen molar-refractivity contribution in [2.75, 3.05) is 0 Å². The first-order valence-electron chi connectivity index (χ1n) is 11.1. The highest BCUT2D eigenvalue weighted by Crippen LogP contribution is 2.42. The van der Waals surface area contributed by atoms with Crippen molar-refractivity contribution < 1.29 is 27.8 Å². The van der Waals surface area contributed by atoms with Crippen LogP contribution < -0.4 is 0 Å². The summed E-state index contributed by atoms with van der Waals surface area (Å²) in [7, 11) is 0. The Morgan fingerprint density at radius 3 is 2.14 bits per heavy atom. The first kappa shape index (κ1) is 24.9. The van der Waals surface area contributed by atoms with Crippen molar-refractivity contribution in [2.24, 2.45) is 0 Å². The van der Waals surface area contributed by atoms with Gasteiger partial charge in [0.05, 0.1) is 6.04 Å². The monoisotopic (exact) mass is 497 g/mol. The summed E-state index contributed by atoms with van der Waals surface area (Å²) in [6.45, 7) is 2.73. The molecular weight excluding hydrogens is 472 g/mol. The molecule has 3 aromatic rings. The second-order valence-corrected chi connectivity index (χ2v) is 9.42. The van der Waals surface area contributed by atoms with Gasteiger partial charge in [0.1, 0.15) is 17.7 Å². The molecule has 0 spiro atoms. The fraction of sp³-hybridized carbons (Fsp3) is 0.259.